The number of aryl methyl sites for hydroxylation is 1. The molecule has 1 aromatic carbocycles. The van der Waals surface area contributed by atoms with Crippen LogP contribution in [0.4, 0.5) is 19.0 Å². The SMILES string of the molecule is Cc1nc(N2CCN(S(=O)(=O)c3ccccc3OC(F)(F)F)CC2)cc(-n2cccc2)n1. The fourth-order valence-electron chi connectivity index (χ4n) is 3.49. The van der Waals surface area contributed by atoms with E-state index in [9.17, 15) is 21.6 Å². The summed E-state index contributed by atoms with van der Waals surface area (Å²) in [5.74, 6) is 1.16. The Kier molecular flexibility index (Phi) is 5.82. The summed E-state index contributed by atoms with van der Waals surface area (Å²) < 4.78 is 71.1. The summed E-state index contributed by atoms with van der Waals surface area (Å²) in [6.45, 7) is 2.59. The zero-order chi connectivity index (χ0) is 22.9. The first-order valence-corrected chi connectivity index (χ1v) is 11.2. The molecule has 0 N–H and O–H groups in total. The van der Waals surface area contributed by atoms with Crippen molar-refractivity contribution in [2.75, 3.05) is 31.1 Å². The zero-order valence-corrected chi connectivity index (χ0v) is 17.8. The lowest BCUT2D eigenvalue weighted by atomic mass is 10.3. The van der Waals surface area contributed by atoms with Crippen LogP contribution in [-0.4, -0.2) is 59.8 Å². The molecule has 1 aliphatic rings. The van der Waals surface area contributed by atoms with Crippen molar-refractivity contribution >= 4 is 15.8 Å². The van der Waals surface area contributed by atoms with Crippen LogP contribution in [0.3, 0.4) is 0 Å². The number of piperazine rings is 1. The third-order valence-corrected chi connectivity index (χ3v) is 6.87. The standard InChI is InChI=1S/C20H20F3N5O3S/c1-15-24-18(26-8-4-5-9-26)14-19(25-15)27-10-12-28(13-11-27)32(29,30)17-7-3-2-6-16(17)31-20(21,22)23/h2-9,14H,10-13H2,1H3. The molecule has 3 aromatic rings. The molecule has 3 heterocycles. The zero-order valence-electron chi connectivity index (χ0n) is 17.0. The maximum atomic E-state index is 13.0. The predicted molar refractivity (Wildman–Crippen MR) is 110 cm³/mol. The second-order valence-electron chi connectivity index (χ2n) is 7.11. The minimum Gasteiger partial charge on any atom is -0.404 e. The lowest BCUT2D eigenvalue weighted by Crippen LogP contribution is -2.49. The Bertz CT molecular complexity index is 1190. The van der Waals surface area contributed by atoms with Gasteiger partial charge in [0.15, 0.2) is 0 Å². The number of ether oxygens (including phenoxy) is 1. The van der Waals surface area contributed by atoms with Crippen LogP contribution >= 0.6 is 0 Å². The van der Waals surface area contributed by atoms with Gasteiger partial charge in [-0.2, -0.15) is 4.31 Å². The quantitative estimate of drug-likeness (QED) is 0.574. The highest BCUT2D eigenvalue weighted by Gasteiger charge is 2.36. The predicted octanol–water partition coefficient (Wildman–Crippen LogP) is 2.99. The Hall–Kier alpha value is -3.12. The number of rotatable bonds is 5. The van der Waals surface area contributed by atoms with E-state index < -0.39 is 27.0 Å². The van der Waals surface area contributed by atoms with E-state index >= 15 is 0 Å². The Morgan fingerprint density at radius 3 is 2.22 bits per heavy atom. The van der Waals surface area contributed by atoms with Crippen molar-refractivity contribution < 1.29 is 26.3 Å². The molecule has 1 saturated heterocycles. The average molecular weight is 467 g/mol. The van der Waals surface area contributed by atoms with Crippen molar-refractivity contribution in [2.24, 2.45) is 0 Å². The minimum atomic E-state index is -4.99. The van der Waals surface area contributed by atoms with Crippen molar-refractivity contribution in [3.8, 4) is 11.6 Å². The molecule has 0 amide bonds. The minimum absolute atomic E-state index is 0.0879. The van der Waals surface area contributed by atoms with Gasteiger partial charge in [-0.1, -0.05) is 12.1 Å². The van der Waals surface area contributed by atoms with Crippen molar-refractivity contribution in [3.05, 3.63) is 60.7 Å². The first-order chi connectivity index (χ1) is 15.1. The fourth-order valence-corrected chi connectivity index (χ4v) is 5.02. The second kappa shape index (κ2) is 8.43. The van der Waals surface area contributed by atoms with Crippen LogP contribution in [0, 0.1) is 6.92 Å². The number of halogens is 3. The summed E-state index contributed by atoms with van der Waals surface area (Å²) >= 11 is 0. The number of sulfonamides is 1. The Morgan fingerprint density at radius 2 is 1.56 bits per heavy atom. The van der Waals surface area contributed by atoms with E-state index in [-0.39, 0.29) is 13.1 Å². The van der Waals surface area contributed by atoms with E-state index in [4.69, 9.17) is 0 Å². The maximum absolute atomic E-state index is 13.0. The lowest BCUT2D eigenvalue weighted by Gasteiger charge is -2.35. The topological polar surface area (TPSA) is 80.6 Å². The average Bonchev–Trinajstić information content (AvgIpc) is 3.27. The van der Waals surface area contributed by atoms with Crippen molar-refractivity contribution in [2.45, 2.75) is 18.2 Å². The lowest BCUT2D eigenvalue weighted by molar-refractivity contribution is -0.275. The molecule has 8 nitrogen and oxygen atoms in total. The van der Waals surface area contributed by atoms with E-state index in [1.54, 1.807) is 6.92 Å². The van der Waals surface area contributed by atoms with Gasteiger partial charge in [-0.15, -0.1) is 13.2 Å². The third kappa shape index (κ3) is 4.70. The molecule has 0 bridgehead atoms. The molecule has 0 aliphatic carbocycles. The summed E-state index contributed by atoms with van der Waals surface area (Å²) in [6, 6.07) is 10.3. The molecule has 2 aromatic heterocycles. The molecule has 170 valence electrons. The number of nitrogens with zero attached hydrogens (tertiary/aromatic N) is 5. The van der Waals surface area contributed by atoms with E-state index in [1.807, 2.05) is 40.1 Å². The normalized spacial score (nSPS) is 15.7. The van der Waals surface area contributed by atoms with E-state index in [0.29, 0.717) is 30.5 Å². The molecular weight excluding hydrogens is 447 g/mol. The smallest absolute Gasteiger partial charge is 0.404 e. The van der Waals surface area contributed by atoms with Crippen LogP contribution in [0.1, 0.15) is 5.82 Å². The van der Waals surface area contributed by atoms with Gasteiger partial charge in [0.25, 0.3) is 0 Å². The van der Waals surface area contributed by atoms with Crippen molar-refractivity contribution in [1.82, 2.24) is 18.8 Å². The molecule has 0 atom stereocenters. The van der Waals surface area contributed by atoms with Crippen LogP contribution in [0.2, 0.25) is 0 Å². The fraction of sp³-hybridized carbons (Fsp3) is 0.300. The summed E-state index contributed by atoms with van der Waals surface area (Å²) in [4.78, 5) is 10.3. The van der Waals surface area contributed by atoms with Gasteiger partial charge < -0.3 is 14.2 Å². The largest absolute Gasteiger partial charge is 0.573 e. The van der Waals surface area contributed by atoms with Crippen LogP contribution in [0.25, 0.3) is 5.82 Å². The highest BCUT2D eigenvalue weighted by molar-refractivity contribution is 7.89. The van der Waals surface area contributed by atoms with Gasteiger partial charge in [0.1, 0.15) is 28.1 Å². The first-order valence-electron chi connectivity index (χ1n) is 9.72. The molecule has 1 aliphatic heterocycles. The molecule has 1 fully saturated rings. The number of para-hydroxylation sites is 1. The van der Waals surface area contributed by atoms with Gasteiger partial charge in [0, 0.05) is 44.6 Å². The van der Waals surface area contributed by atoms with Crippen molar-refractivity contribution in [1.29, 1.82) is 0 Å². The molecular formula is C20H20F3N5O3S. The van der Waals surface area contributed by atoms with Gasteiger partial charge in [-0.05, 0) is 31.2 Å². The molecule has 32 heavy (non-hydrogen) atoms. The molecule has 4 rings (SSSR count). The number of hydrogen-bond acceptors (Lipinski definition) is 6. The maximum Gasteiger partial charge on any atom is 0.573 e. The molecule has 0 radical (unpaired) electrons. The molecule has 0 saturated carbocycles. The number of anilines is 1. The summed E-state index contributed by atoms with van der Waals surface area (Å²) in [6.07, 6.45) is -1.28. The Balaban J connectivity index is 1.52. The van der Waals surface area contributed by atoms with Gasteiger partial charge in [-0.3, -0.25) is 0 Å². The Morgan fingerprint density at radius 1 is 0.938 bits per heavy atom. The summed E-state index contributed by atoms with van der Waals surface area (Å²) in [5, 5.41) is 0. The van der Waals surface area contributed by atoms with Crippen LogP contribution < -0.4 is 9.64 Å². The van der Waals surface area contributed by atoms with Gasteiger partial charge in [0.05, 0.1) is 0 Å². The summed E-state index contributed by atoms with van der Waals surface area (Å²) in [7, 11) is -4.18. The first kappa shape index (κ1) is 22.1. The number of aromatic nitrogens is 3. The van der Waals surface area contributed by atoms with Crippen molar-refractivity contribution in [3.63, 3.8) is 0 Å². The van der Waals surface area contributed by atoms with Crippen LogP contribution in [0.5, 0.6) is 5.75 Å². The Labute approximate surface area is 182 Å². The van der Waals surface area contributed by atoms with E-state index in [2.05, 4.69) is 14.7 Å². The summed E-state index contributed by atoms with van der Waals surface area (Å²) in [5.41, 5.74) is 0. The second-order valence-corrected chi connectivity index (χ2v) is 9.01. The number of hydrogen-bond donors (Lipinski definition) is 0. The van der Waals surface area contributed by atoms with Gasteiger partial charge in [0.2, 0.25) is 10.0 Å². The van der Waals surface area contributed by atoms with Gasteiger partial charge in [-0.25, -0.2) is 18.4 Å². The monoisotopic (exact) mass is 467 g/mol. The highest BCUT2D eigenvalue weighted by Crippen LogP contribution is 2.32. The van der Waals surface area contributed by atoms with E-state index in [1.165, 1.54) is 12.1 Å². The highest BCUT2D eigenvalue weighted by atomic mass is 32.2. The molecule has 0 unspecified atom stereocenters. The third-order valence-electron chi connectivity index (χ3n) is 4.94. The molecule has 12 heteroatoms. The number of alkyl halides is 3. The van der Waals surface area contributed by atoms with Gasteiger partial charge >= 0.3 is 6.36 Å². The molecule has 0 spiro atoms. The van der Waals surface area contributed by atoms with Crippen LogP contribution in [-0.2, 0) is 10.0 Å². The number of benzene rings is 1. The van der Waals surface area contributed by atoms with E-state index in [0.717, 1.165) is 16.4 Å². The van der Waals surface area contributed by atoms with Crippen LogP contribution in [0.15, 0.2) is 59.8 Å².